The van der Waals surface area contributed by atoms with Crippen LogP contribution < -0.4 is 9.46 Å². The number of nitrogens with one attached hydrogen (secondary N) is 2. The van der Waals surface area contributed by atoms with Crippen molar-refractivity contribution >= 4 is 21.4 Å². The summed E-state index contributed by atoms with van der Waals surface area (Å²) in [5.41, 5.74) is 7.76. The number of anilines is 1. The Balaban J connectivity index is 2.21. The van der Waals surface area contributed by atoms with E-state index >= 15 is 0 Å². The number of ether oxygens (including phenoxy) is 1. The maximum Gasteiger partial charge on any atom is 0.229 e. The quantitative estimate of drug-likeness (QED) is 0.777. The molecule has 0 bridgehead atoms. The highest BCUT2D eigenvalue weighted by molar-refractivity contribution is 7.92. The van der Waals surface area contributed by atoms with E-state index in [1.54, 1.807) is 18.2 Å². The molecule has 0 radical (unpaired) electrons. The van der Waals surface area contributed by atoms with E-state index in [1.807, 2.05) is 0 Å². The Morgan fingerprint density at radius 1 is 1.50 bits per heavy atom. The van der Waals surface area contributed by atoms with E-state index in [1.165, 1.54) is 0 Å². The summed E-state index contributed by atoms with van der Waals surface area (Å²) in [6, 6.07) is 4.67. The molecule has 0 atom stereocenters. The Labute approximate surface area is 106 Å². The molecule has 1 fully saturated rings. The zero-order valence-corrected chi connectivity index (χ0v) is 10.8. The van der Waals surface area contributed by atoms with E-state index in [2.05, 4.69) is 9.84 Å². The van der Waals surface area contributed by atoms with Crippen molar-refractivity contribution in [3.63, 3.8) is 0 Å². The second-order valence-corrected chi connectivity index (χ2v) is 6.17. The van der Waals surface area contributed by atoms with Gasteiger partial charge in [-0.05, 0) is 30.9 Å². The first-order valence-electron chi connectivity index (χ1n) is 5.60. The highest BCUT2D eigenvalue weighted by atomic mass is 32.2. The summed E-state index contributed by atoms with van der Waals surface area (Å²) in [6.07, 6.45) is 3.38. The van der Waals surface area contributed by atoms with Crippen molar-refractivity contribution in [2.75, 3.05) is 17.6 Å². The molecule has 6 nitrogen and oxygen atoms in total. The molecule has 98 valence electrons. The minimum atomic E-state index is -3.35. The molecule has 18 heavy (non-hydrogen) atoms. The second kappa shape index (κ2) is 4.93. The van der Waals surface area contributed by atoms with Crippen LogP contribution in [-0.2, 0) is 10.0 Å². The molecule has 1 aliphatic rings. The Morgan fingerprint density at radius 2 is 2.22 bits per heavy atom. The van der Waals surface area contributed by atoms with Gasteiger partial charge in [0.05, 0.1) is 24.2 Å². The van der Waals surface area contributed by atoms with E-state index in [0.717, 1.165) is 19.1 Å². The highest BCUT2D eigenvalue weighted by Gasteiger charge is 2.22. The lowest BCUT2D eigenvalue weighted by molar-refractivity contribution is 0.301. The molecule has 0 spiro atoms. The van der Waals surface area contributed by atoms with Gasteiger partial charge in [-0.15, -0.1) is 0 Å². The van der Waals surface area contributed by atoms with Gasteiger partial charge in [-0.3, -0.25) is 4.72 Å². The normalized spacial score (nSPS) is 15.2. The van der Waals surface area contributed by atoms with Crippen molar-refractivity contribution in [2.45, 2.75) is 12.8 Å². The number of hydrogen-bond donors (Lipinski definition) is 2. The van der Waals surface area contributed by atoms with Crippen molar-refractivity contribution in [1.82, 2.24) is 0 Å². The van der Waals surface area contributed by atoms with Gasteiger partial charge in [0.15, 0.2) is 0 Å². The standard InChI is InChI=1S/C11H15N3O3S/c1-18(15,16)14-10-5-4-9(13-12)6-11(10)17-7-8-2-3-8/h4-6,8,12,14H,2-3,7H2,1H3. The lowest BCUT2D eigenvalue weighted by Crippen LogP contribution is -2.11. The van der Waals surface area contributed by atoms with Crippen LogP contribution in [0.15, 0.2) is 23.3 Å². The van der Waals surface area contributed by atoms with Gasteiger partial charge >= 0.3 is 0 Å². The molecule has 0 unspecified atom stereocenters. The summed E-state index contributed by atoms with van der Waals surface area (Å²) in [5, 5.41) is 3.30. The van der Waals surface area contributed by atoms with E-state index in [4.69, 9.17) is 10.3 Å². The summed E-state index contributed by atoms with van der Waals surface area (Å²) >= 11 is 0. The monoisotopic (exact) mass is 269 g/mol. The lowest BCUT2D eigenvalue weighted by Gasteiger charge is -2.12. The fraction of sp³-hybridized carbons (Fsp3) is 0.455. The summed E-state index contributed by atoms with van der Waals surface area (Å²) in [4.78, 5) is 0. The molecule has 0 amide bonds. The highest BCUT2D eigenvalue weighted by Crippen LogP contribution is 2.34. The molecule has 0 saturated heterocycles. The average molecular weight is 269 g/mol. The van der Waals surface area contributed by atoms with Gasteiger partial charge in [-0.2, -0.15) is 5.11 Å². The largest absolute Gasteiger partial charge is 0.491 e. The van der Waals surface area contributed by atoms with Gasteiger partial charge in [0.1, 0.15) is 5.75 Å². The fourth-order valence-corrected chi connectivity index (χ4v) is 2.04. The third-order valence-corrected chi connectivity index (χ3v) is 3.15. The summed E-state index contributed by atoms with van der Waals surface area (Å²) in [5.74, 6) is 0.980. The molecule has 1 aromatic carbocycles. The van der Waals surface area contributed by atoms with Crippen molar-refractivity contribution < 1.29 is 13.2 Å². The van der Waals surface area contributed by atoms with Crippen LogP contribution in [0, 0.1) is 11.4 Å². The molecular weight excluding hydrogens is 254 g/mol. The third-order valence-electron chi connectivity index (χ3n) is 2.56. The van der Waals surface area contributed by atoms with Crippen LogP contribution in [0.3, 0.4) is 0 Å². The third kappa shape index (κ3) is 3.69. The molecule has 1 aliphatic carbocycles. The first kappa shape index (κ1) is 12.8. The van der Waals surface area contributed by atoms with Crippen molar-refractivity contribution in [2.24, 2.45) is 11.0 Å². The molecule has 2 rings (SSSR count). The maximum absolute atomic E-state index is 11.2. The first-order chi connectivity index (χ1) is 8.48. The predicted molar refractivity (Wildman–Crippen MR) is 67.9 cm³/mol. The zero-order valence-electron chi connectivity index (χ0n) is 10.0. The molecule has 0 aliphatic heterocycles. The zero-order chi connectivity index (χ0) is 13.2. The molecule has 7 heteroatoms. The summed E-state index contributed by atoms with van der Waals surface area (Å²) in [6.45, 7) is 0.569. The molecule has 1 aromatic rings. The minimum absolute atomic E-state index is 0.380. The van der Waals surface area contributed by atoms with Gasteiger partial charge in [-0.1, -0.05) is 0 Å². The molecule has 1 saturated carbocycles. The Bertz CT molecular complexity index is 553. The number of nitrogens with zero attached hydrogens (tertiary/aromatic N) is 1. The van der Waals surface area contributed by atoms with Crippen LogP contribution in [0.2, 0.25) is 0 Å². The molecular formula is C11H15N3O3S. The van der Waals surface area contributed by atoms with Crippen LogP contribution >= 0.6 is 0 Å². The van der Waals surface area contributed by atoms with Gasteiger partial charge in [0.25, 0.3) is 0 Å². The van der Waals surface area contributed by atoms with Gasteiger partial charge < -0.3 is 4.74 Å². The van der Waals surface area contributed by atoms with Crippen molar-refractivity contribution in [1.29, 1.82) is 5.53 Å². The Kier molecular flexibility index (Phi) is 3.51. The van der Waals surface area contributed by atoms with E-state index < -0.39 is 10.0 Å². The fourth-order valence-electron chi connectivity index (χ4n) is 1.48. The van der Waals surface area contributed by atoms with Crippen LogP contribution in [0.25, 0.3) is 0 Å². The number of sulfonamides is 1. The Morgan fingerprint density at radius 3 is 2.78 bits per heavy atom. The van der Waals surface area contributed by atoms with Crippen LogP contribution in [0.5, 0.6) is 5.75 Å². The van der Waals surface area contributed by atoms with Gasteiger partial charge in [-0.25, -0.2) is 13.9 Å². The van der Waals surface area contributed by atoms with Gasteiger partial charge in [0, 0.05) is 6.07 Å². The lowest BCUT2D eigenvalue weighted by atomic mass is 10.2. The number of benzene rings is 1. The average Bonchev–Trinajstić information content (AvgIpc) is 3.09. The van der Waals surface area contributed by atoms with Crippen LogP contribution in [0.1, 0.15) is 12.8 Å². The second-order valence-electron chi connectivity index (χ2n) is 4.42. The van der Waals surface area contributed by atoms with Crippen LogP contribution in [0.4, 0.5) is 11.4 Å². The minimum Gasteiger partial charge on any atom is -0.491 e. The molecule has 0 aromatic heterocycles. The first-order valence-corrected chi connectivity index (χ1v) is 7.49. The number of hydrogen-bond acceptors (Lipinski definition) is 5. The SMILES string of the molecule is CS(=O)(=O)Nc1ccc(N=N)cc1OCC1CC1. The Hall–Kier alpha value is -1.63. The summed E-state index contributed by atoms with van der Waals surface area (Å²) in [7, 11) is -3.35. The molecule has 0 heterocycles. The maximum atomic E-state index is 11.2. The smallest absolute Gasteiger partial charge is 0.229 e. The molecule has 2 N–H and O–H groups in total. The predicted octanol–water partition coefficient (Wildman–Crippen LogP) is 2.51. The van der Waals surface area contributed by atoms with Crippen molar-refractivity contribution in [3.05, 3.63) is 18.2 Å². The topological polar surface area (TPSA) is 91.6 Å². The van der Waals surface area contributed by atoms with E-state index in [-0.39, 0.29) is 0 Å². The van der Waals surface area contributed by atoms with E-state index in [0.29, 0.717) is 29.6 Å². The van der Waals surface area contributed by atoms with Crippen molar-refractivity contribution in [3.8, 4) is 5.75 Å². The number of rotatable bonds is 6. The van der Waals surface area contributed by atoms with Gasteiger partial charge in [0.2, 0.25) is 10.0 Å². The van der Waals surface area contributed by atoms with E-state index in [9.17, 15) is 8.42 Å². The summed E-state index contributed by atoms with van der Waals surface area (Å²) < 4.78 is 30.4. The van der Waals surface area contributed by atoms with Crippen LogP contribution in [-0.4, -0.2) is 21.3 Å².